The van der Waals surface area contributed by atoms with E-state index in [-0.39, 0.29) is 12.4 Å². The number of nitrogens with one attached hydrogen (secondary N) is 1. The summed E-state index contributed by atoms with van der Waals surface area (Å²) in [5.74, 6) is 1.43. The lowest BCUT2D eigenvalue weighted by molar-refractivity contribution is 0.400. The highest BCUT2D eigenvalue weighted by Gasteiger charge is 2.28. The van der Waals surface area contributed by atoms with Crippen molar-refractivity contribution in [3.05, 3.63) is 65.2 Å². The standard InChI is InChI=1S/C18H21NO.ClH/c1-19-17-12-11-14(13-7-3-4-8-15(13)17)16-9-5-6-10-18(16)20-2;/h3-10,14,17,19H,11-12H2,1-2H3;1H/t14-,17-;/m1./s1. The second-order valence-electron chi connectivity index (χ2n) is 5.34. The van der Waals surface area contributed by atoms with Crippen LogP contribution in [0.2, 0.25) is 0 Å². The van der Waals surface area contributed by atoms with Crippen LogP contribution in [0.15, 0.2) is 48.5 Å². The SMILES string of the molecule is CN[C@@H]1CC[C@@H](c2ccccc2OC)c2ccccc21.Cl. The minimum absolute atomic E-state index is 0. The average molecular weight is 304 g/mol. The van der Waals surface area contributed by atoms with E-state index in [1.165, 1.54) is 16.7 Å². The van der Waals surface area contributed by atoms with E-state index in [9.17, 15) is 0 Å². The summed E-state index contributed by atoms with van der Waals surface area (Å²) in [6.07, 6.45) is 2.32. The molecule has 0 aromatic heterocycles. The molecule has 2 nitrogen and oxygen atoms in total. The molecule has 0 fully saturated rings. The highest BCUT2D eigenvalue weighted by atomic mass is 35.5. The van der Waals surface area contributed by atoms with Gasteiger partial charge in [-0.25, -0.2) is 0 Å². The Bertz CT molecular complexity index is 599. The maximum absolute atomic E-state index is 5.55. The zero-order valence-electron chi connectivity index (χ0n) is 12.5. The fourth-order valence-corrected chi connectivity index (χ4v) is 3.37. The van der Waals surface area contributed by atoms with Crippen molar-refractivity contribution in [2.75, 3.05) is 14.2 Å². The molecule has 1 aliphatic carbocycles. The van der Waals surface area contributed by atoms with Gasteiger partial charge in [0, 0.05) is 17.5 Å². The molecule has 0 aliphatic heterocycles. The van der Waals surface area contributed by atoms with Crippen LogP contribution in [0.4, 0.5) is 0 Å². The predicted molar refractivity (Wildman–Crippen MR) is 89.6 cm³/mol. The molecule has 0 radical (unpaired) electrons. The zero-order chi connectivity index (χ0) is 13.9. The third kappa shape index (κ3) is 2.92. The second kappa shape index (κ2) is 6.97. The molecule has 1 N–H and O–H groups in total. The van der Waals surface area contributed by atoms with Gasteiger partial charge >= 0.3 is 0 Å². The molecule has 0 bridgehead atoms. The van der Waals surface area contributed by atoms with Crippen LogP contribution in [0.25, 0.3) is 0 Å². The van der Waals surface area contributed by atoms with E-state index >= 15 is 0 Å². The van der Waals surface area contributed by atoms with Gasteiger partial charge in [-0.15, -0.1) is 12.4 Å². The summed E-state index contributed by atoms with van der Waals surface area (Å²) in [6, 6.07) is 17.6. The van der Waals surface area contributed by atoms with E-state index in [1.54, 1.807) is 7.11 Å². The molecule has 2 aromatic carbocycles. The second-order valence-corrected chi connectivity index (χ2v) is 5.34. The first kappa shape index (κ1) is 15.9. The van der Waals surface area contributed by atoms with Crippen LogP contribution in [0.5, 0.6) is 5.75 Å². The lowest BCUT2D eigenvalue weighted by Gasteiger charge is -2.32. The molecule has 2 atom stereocenters. The van der Waals surface area contributed by atoms with Crippen molar-refractivity contribution in [1.29, 1.82) is 0 Å². The molecular weight excluding hydrogens is 282 g/mol. The summed E-state index contributed by atoms with van der Waals surface area (Å²) in [5.41, 5.74) is 4.16. The minimum atomic E-state index is 0. The summed E-state index contributed by atoms with van der Waals surface area (Å²) in [6.45, 7) is 0. The number of para-hydroxylation sites is 1. The van der Waals surface area contributed by atoms with E-state index in [0.717, 1.165) is 18.6 Å². The van der Waals surface area contributed by atoms with Crippen molar-refractivity contribution in [3.63, 3.8) is 0 Å². The molecule has 0 saturated heterocycles. The minimum Gasteiger partial charge on any atom is -0.496 e. The third-order valence-corrected chi connectivity index (χ3v) is 4.35. The Kier molecular flexibility index (Phi) is 5.27. The quantitative estimate of drug-likeness (QED) is 0.912. The van der Waals surface area contributed by atoms with E-state index in [2.05, 4.69) is 47.8 Å². The van der Waals surface area contributed by atoms with Crippen molar-refractivity contribution in [2.24, 2.45) is 0 Å². The summed E-state index contributed by atoms with van der Waals surface area (Å²) < 4.78 is 5.55. The van der Waals surface area contributed by atoms with E-state index < -0.39 is 0 Å². The van der Waals surface area contributed by atoms with Gasteiger partial charge in [-0.2, -0.15) is 0 Å². The normalized spacial score (nSPS) is 20.3. The van der Waals surface area contributed by atoms with Crippen molar-refractivity contribution in [3.8, 4) is 5.75 Å². The van der Waals surface area contributed by atoms with Gasteiger partial charge in [-0.1, -0.05) is 42.5 Å². The van der Waals surface area contributed by atoms with Crippen molar-refractivity contribution < 1.29 is 4.74 Å². The van der Waals surface area contributed by atoms with E-state index in [1.807, 2.05) is 13.1 Å². The fourth-order valence-electron chi connectivity index (χ4n) is 3.37. The van der Waals surface area contributed by atoms with Crippen LogP contribution >= 0.6 is 12.4 Å². The molecule has 0 amide bonds. The molecule has 21 heavy (non-hydrogen) atoms. The first-order valence-corrected chi connectivity index (χ1v) is 7.24. The number of hydrogen-bond acceptors (Lipinski definition) is 2. The largest absolute Gasteiger partial charge is 0.496 e. The molecule has 1 aliphatic rings. The molecule has 3 rings (SSSR count). The molecule has 0 spiro atoms. The van der Waals surface area contributed by atoms with Crippen LogP contribution in [0.3, 0.4) is 0 Å². The summed E-state index contributed by atoms with van der Waals surface area (Å²) in [4.78, 5) is 0. The van der Waals surface area contributed by atoms with Gasteiger partial charge in [0.15, 0.2) is 0 Å². The van der Waals surface area contributed by atoms with Crippen molar-refractivity contribution in [1.82, 2.24) is 5.32 Å². The zero-order valence-corrected chi connectivity index (χ0v) is 13.3. The van der Waals surface area contributed by atoms with Crippen LogP contribution in [-0.2, 0) is 0 Å². The number of halogens is 1. The number of hydrogen-bond donors (Lipinski definition) is 1. The van der Waals surface area contributed by atoms with Crippen LogP contribution in [0, 0.1) is 0 Å². The Morgan fingerprint density at radius 1 is 0.905 bits per heavy atom. The number of benzene rings is 2. The Morgan fingerprint density at radius 2 is 1.52 bits per heavy atom. The summed E-state index contributed by atoms with van der Waals surface area (Å²) in [5, 5.41) is 3.43. The molecule has 3 heteroatoms. The van der Waals surface area contributed by atoms with Crippen molar-refractivity contribution in [2.45, 2.75) is 24.8 Å². The molecule has 0 heterocycles. The van der Waals surface area contributed by atoms with Gasteiger partial charge in [0.1, 0.15) is 5.75 Å². The van der Waals surface area contributed by atoms with Crippen molar-refractivity contribution >= 4 is 12.4 Å². The number of rotatable bonds is 3. The van der Waals surface area contributed by atoms with E-state index in [4.69, 9.17) is 4.74 Å². The van der Waals surface area contributed by atoms with Gasteiger partial charge in [0.25, 0.3) is 0 Å². The smallest absolute Gasteiger partial charge is 0.122 e. The van der Waals surface area contributed by atoms with Gasteiger partial charge in [0.2, 0.25) is 0 Å². The highest BCUT2D eigenvalue weighted by molar-refractivity contribution is 5.85. The Labute approximate surface area is 132 Å². The monoisotopic (exact) mass is 303 g/mol. The average Bonchev–Trinajstić information content (AvgIpc) is 2.53. The lowest BCUT2D eigenvalue weighted by Crippen LogP contribution is -2.24. The number of methoxy groups -OCH3 is 1. The summed E-state index contributed by atoms with van der Waals surface area (Å²) >= 11 is 0. The van der Waals surface area contributed by atoms with Gasteiger partial charge in [-0.3, -0.25) is 0 Å². The number of fused-ring (bicyclic) bond motifs is 1. The molecule has 112 valence electrons. The first-order chi connectivity index (χ1) is 9.85. The lowest BCUT2D eigenvalue weighted by atomic mass is 9.76. The molecule has 0 unspecified atom stereocenters. The Morgan fingerprint density at radius 3 is 2.19 bits per heavy atom. The fraction of sp³-hybridized carbons (Fsp3) is 0.333. The van der Waals surface area contributed by atoms with Crippen LogP contribution < -0.4 is 10.1 Å². The Balaban J connectivity index is 0.00000161. The summed E-state index contributed by atoms with van der Waals surface area (Å²) in [7, 11) is 3.80. The molecule has 2 aromatic rings. The molecular formula is C18H22ClNO. The molecule has 0 saturated carbocycles. The maximum Gasteiger partial charge on any atom is 0.122 e. The van der Waals surface area contributed by atoms with Crippen LogP contribution in [-0.4, -0.2) is 14.2 Å². The first-order valence-electron chi connectivity index (χ1n) is 7.24. The van der Waals surface area contributed by atoms with Crippen LogP contribution in [0.1, 0.15) is 41.5 Å². The highest BCUT2D eigenvalue weighted by Crippen LogP contribution is 2.43. The van der Waals surface area contributed by atoms with E-state index in [0.29, 0.717) is 12.0 Å². The van der Waals surface area contributed by atoms with Gasteiger partial charge in [-0.05, 0) is 37.1 Å². The van der Waals surface area contributed by atoms with Gasteiger partial charge in [0.05, 0.1) is 7.11 Å². The number of ether oxygens (including phenoxy) is 1. The maximum atomic E-state index is 5.55. The predicted octanol–water partition coefficient (Wildman–Crippen LogP) is 4.30. The topological polar surface area (TPSA) is 21.3 Å². The van der Waals surface area contributed by atoms with Gasteiger partial charge < -0.3 is 10.1 Å². The Hall–Kier alpha value is -1.51. The third-order valence-electron chi connectivity index (χ3n) is 4.35.